The number of benzene rings is 2. The van der Waals surface area contributed by atoms with E-state index in [9.17, 15) is 0 Å². The van der Waals surface area contributed by atoms with Crippen molar-refractivity contribution >= 4 is 16.6 Å². The maximum absolute atomic E-state index is 8.77. The second kappa shape index (κ2) is 4.87. The summed E-state index contributed by atoms with van der Waals surface area (Å²) in [5, 5.41) is 14.3. The number of nitrogens with two attached hydrogens (primary N) is 1. The zero-order valence-electron chi connectivity index (χ0n) is 9.80. The number of oxime groups is 1. The minimum absolute atomic E-state index is 0.0235. The van der Waals surface area contributed by atoms with Crippen LogP contribution in [0, 0.1) is 0 Å². The van der Waals surface area contributed by atoms with Crippen LogP contribution in [0.25, 0.3) is 10.8 Å². The lowest BCUT2D eigenvalue weighted by molar-refractivity contribution is 0.315. The van der Waals surface area contributed by atoms with Gasteiger partial charge in [0, 0.05) is 5.92 Å². The monoisotopic (exact) mass is 228 g/mol. The van der Waals surface area contributed by atoms with Crippen molar-refractivity contribution in [3.8, 4) is 0 Å². The Morgan fingerprint density at radius 2 is 1.94 bits per heavy atom. The van der Waals surface area contributed by atoms with E-state index in [-0.39, 0.29) is 11.8 Å². The molecule has 0 aliphatic carbocycles. The molecule has 0 heterocycles. The van der Waals surface area contributed by atoms with Gasteiger partial charge in [-0.1, -0.05) is 54.5 Å². The van der Waals surface area contributed by atoms with Crippen LogP contribution in [-0.4, -0.2) is 11.0 Å². The van der Waals surface area contributed by atoms with Crippen LogP contribution in [0.15, 0.2) is 47.6 Å². The van der Waals surface area contributed by atoms with E-state index in [1.54, 1.807) is 0 Å². The van der Waals surface area contributed by atoms with Gasteiger partial charge in [0.05, 0.1) is 0 Å². The molecule has 0 aliphatic rings. The van der Waals surface area contributed by atoms with Crippen molar-refractivity contribution < 1.29 is 5.21 Å². The van der Waals surface area contributed by atoms with Crippen LogP contribution in [0.3, 0.4) is 0 Å². The number of rotatable bonds is 3. The summed E-state index contributed by atoms with van der Waals surface area (Å²) in [4.78, 5) is 0. The molecule has 3 N–H and O–H groups in total. The van der Waals surface area contributed by atoms with Gasteiger partial charge < -0.3 is 10.9 Å². The second-order valence-electron chi connectivity index (χ2n) is 4.09. The molecule has 3 heteroatoms. The molecule has 2 rings (SSSR count). The van der Waals surface area contributed by atoms with Crippen molar-refractivity contribution in [2.45, 2.75) is 19.3 Å². The van der Waals surface area contributed by atoms with Crippen molar-refractivity contribution in [3.63, 3.8) is 0 Å². The van der Waals surface area contributed by atoms with Crippen LogP contribution >= 0.6 is 0 Å². The van der Waals surface area contributed by atoms with Crippen molar-refractivity contribution in [3.05, 3.63) is 48.0 Å². The quantitative estimate of drug-likeness (QED) is 0.367. The molecule has 0 bridgehead atoms. The summed E-state index contributed by atoms with van der Waals surface area (Å²) in [6, 6.07) is 14.4. The van der Waals surface area contributed by atoms with Crippen molar-refractivity contribution in [2.24, 2.45) is 10.9 Å². The van der Waals surface area contributed by atoms with Gasteiger partial charge in [-0.05, 0) is 22.8 Å². The van der Waals surface area contributed by atoms with E-state index in [2.05, 4.69) is 29.4 Å². The van der Waals surface area contributed by atoms with E-state index >= 15 is 0 Å². The van der Waals surface area contributed by atoms with Crippen molar-refractivity contribution in [1.29, 1.82) is 0 Å². The fraction of sp³-hybridized carbons (Fsp3) is 0.214. The standard InChI is InChI=1S/C14H16N2O/c1-2-13(14(15)16-17)12-8-7-10-5-3-4-6-11(10)9-12/h3-9,13,17H,2H2,1H3,(H2,15,16). The number of nitrogens with zero attached hydrogens (tertiary/aromatic N) is 1. The van der Waals surface area contributed by atoms with Crippen molar-refractivity contribution in [1.82, 2.24) is 0 Å². The molecule has 2 aromatic rings. The van der Waals surface area contributed by atoms with E-state index < -0.39 is 0 Å². The van der Waals surface area contributed by atoms with Gasteiger partial charge in [0.25, 0.3) is 0 Å². The van der Waals surface area contributed by atoms with Gasteiger partial charge >= 0.3 is 0 Å². The smallest absolute Gasteiger partial charge is 0.146 e. The maximum Gasteiger partial charge on any atom is 0.146 e. The molecule has 0 aromatic heterocycles. The van der Waals surface area contributed by atoms with Crippen LogP contribution in [0.2, 0.25) is 0 Å². The summed E-state index contributed by atoms with van der Waals surface area (Å²) < 4.78 is 0. The fourth-order valence-electron chi connectivity index (χ4n) is 2.11. The van der Waals surface area contributed by atoms with E-state index in [4.69, 9.17) is 10.9 Å². The Bertz CT molecular complexity index is 549. The first kappa shape index (κ1) is 11.5. The predicted octanol–water partition coefficient (Wildman–Crippen LogP) is 3.08. The highest BCUT2D eigenvalue weighted by atomic mass is 16.4. The molecule has 0 aliphatic heterocycles. The Balaban J connectivity index is 2.48. The third-order valence-electron chi connectivity index (χ3n) is 3.06. The van der Waals surface area contributed by atoms with Crippen LogP contribution < -0.4 is 5.73 Å². The molecule has 1 unspecified atom stereocenters. The number of hydrogen-bond acceptors (Lipinski definition) is 2. The normalized spacial score (nSPS) is 13.8. The number of amidine groups is 1. The number of hydrogen-bond donors (Lipinski definition) is 2. The molecule has 17 heavy (non-hydrogen) atoms. The Hall–Kier alpha value is -2.03. The molecule has 0 amide bonds. The molecule has 0 radical (unpaired) electrons. The minimum Gasteiger partial charge on any atom is -0.409 e. The third-order valence-corrected chi connectivity index (χ3v) is 3.06. The number of fused-ring (bicyclic) bond motifs is 1. The average Bonchev–Trinajstić information content (AvgIpc) is 2.39. The molecular weight excluding hydrogens is 212 g/mol. The third kappa shape index (κ3) is 2.23. The highest BCUT2D eigenvalue weighted by Gasteiger charge is 2.14. The van der Waals surface area contributed by atoms with Gasteiger partial charge in [-0.2, -0.15) is 0 Å². The molecule has 2 aromatic carbocycles. The molecule has 0 saturated carbocycles. The lowest BCUT2D eigenvalue weighted by Crippen LogP contribution is -2.21. The molecule has 0 fully saturated rings. The first-order valence-electron chi connectivity index (χ1n) is 5.72. The van der Waals surface area contributed by atoms with E-state index in [0.29, 0.717) is 0 Å². The maximum atomic E-state index is 8.77. The van der Waals surface area contributed by atoms with Crippen LogP contribution in [-0.2, 0) is 0 Å². The van der Waals surface area contributed by atoms with E-state index in [0.717, 1.165) is 12.0 Å². The summed E-state index contributed by atoms with van der Waals surface area (Å²) in [6.45, 7) is 2.03. The molecule has 1 atom stereocenters. The topological polar surface area (TPSA) is 58.6 Å². The largest absolute Gasteiger partial charge is 0.409 e. The van der Waals surface area contributed by atoms with E-state index in [1.165, 1.54) is 10.8 Å². The highest BCUT2D eigenvalue weighted by molar-refractivity contribution is 5.89. The second-order valence-corrected chi connectivity index (χ2v) is 4.09. The lowest BCUT2D eigenvalue weighted by atomic mass is 9.93. The SMILES string of the molecule is CCC(/C(N)=N/O)c1ccc2ccccc2c1. The van der Waals surface area contributed by atoms with Crippen LogP contribution in [0.4, 0.5) is 0 Å². The van der Waals surface area contributed by atoms with Gasteiger partial charge in [0.1, 0.15) is 5.84 Å². The van der Waals surface area contributed by atoms with Gasteiger partial charge in [0.15, 0.2) is 0 Å². The summed E-state index contributed by atoms with van der Waals surface area (Å²) in [6.07, 6.45) is 0.814. The Labute approximate surface area is 101 Å². The Kier molecular flexibility index (Phi) is 3.28. The molecule has 0 spiro atoms. The van der Waals surface area contributed by atoms with Gasteiger partial charge in [-0.3, -0.25) is 0 Å². The van der Waals surface area contributed by atoms with Crippen molar-refractivity contribution in [2.75, 3.05) is 0 Å². The van der Waals surface area contributed by atoms with Gasteiger partial charge in [-0.25, -0.2) is 0 Å². The summed E-state index contributed by atoms with van der Waals surface area (Å²) in [7, 11) is 0. The van der Waals surface area contributed by atoms with Crippen LogP contribution in [0.1, 0.15) is 24.8 Å². The Morgan fingerprint density at radius 3 is 2.59 bits per heavy atom. The lowest BCUT2D eigenvalue weighted by Gasteiger charge is -2.14. The predicted molar refractivity (Wildman–Crippen MR) is 70.4 cm³/mol. The average molecular weight is 228 g/mol. The zero-order chi connectivity index (χ0) is 12.3. The highest BCUT2D eigenvalue weighted by Crippen LogP contribution is 2.24. The Morgan fingerprint density at radius 1 is 1.24 bits per heavy atom. The first-order chi connectivity index (χ1) is 8.26. The van der Waals surface area contributed by atoms with Crippen LogP contribution in [0.5, 0.6) is 0 Å². The minimum atomic E-state index is -0.0235. The molecule has 88 valence electrons. The van der Waals surface area contributed by atoms with Gasteiger partial charge in [-0.15, -0.1) is 0 Å². The fourth-order valence-corrected chi connectivity index (χ4v) is 2.11. The summed E-state index contributed by atoms with van der Waals surface area (Å²) in [5.74, 6) is 0.243. The summed E-state index contributed by atoms with van der Waals surface area (Å²) >= 11 is 0. The first-order valence-corrected chi connectivity index (χ1v) is 5.72. The van der Waals surface area contributed by atoms with Gasteiger partial charge in [0.2, 0.25) is 0 Å². The molecule has 0 saturated heterocycles. The zero-order valence-corrected chi connectivity index (χ0v) is 9.80. The summed E-state index contributed by atoms with van der Waals surface area (Å²) in [5.41, 5.74) is 6.79. The van der Waals surface area contributed by atoms with E-state index in [1.807, 2.05) is 25.1 Å². The molecule has 3 nitrogen and oxygen atoms in total. The molecular formula is C14H16N2O.